The van der Waals surface area contributed by atoms with Crippen molar-refractivity contribution in [1.29, 1.82) is 0 Å². The van der Waals surface area contributed by atoms with Crippen LogP contribution in [0.2, 0.25) is 0 Å². The Bertz CT molecular complexity index is 1010. The smallest absolute Gasteiger partial charge is 0.162 e. The van der Waals surface area contributed by atoms with E-state index in [1.54, 1.807) is 12.1 Å². The molecule has 4 rings (SSSR count). The van der Waals surface area contributed by atoms with E-state index in [0.29, 0.717) is 30.4 Å². The van der Waals surface area contributed by atoms with Gasteiger partial charge in [-0.2, -0.15) is 0 Å². The largest absolute Gasteiger partial charge is 0.371 e. The maximum Gasteiger partial charge on any atom is 0.162 e. The van der Waals surface area contributed by atoms with Crippen molar-refractivity contribution in [2.24, 2.45) is 0 Å². The first kappa shape index (κ1) is 20.7. The number of piperidine rings is 1. The minimum atomic E-state index is -1.17. The van der Waals surface area contributed by atoms with Gasteiger partial charge in [0.05, 0.1) is 0 Å². The van der Waals surface area contributed by atoms with Crippen molar-refractivity contribution in [3.63, 3.8) is 0 Å². The topological polar surface area (TPSA) is 40.5 Å². The lowest BCUT2D eigenvalue weighted by molar-refractivity contribution is -0.130. The number of rotatable bonds is 7. The molecule has 1 saturated heterocycles. The van der Waals surface area contributed by atoms with Crippen LogP contribution in [0, 0.1) is 5.82 Å². The van der Waals surface area contributed by atoms with Crippen molar-refractivity contribution in [3.8, 4) is 0 Å². The molecule has 1 aliphatic heterocycles. The van der Waals surface area contributed by atoms with E-state index >= 15 is 0 Å². The van der Waals surface area contributed by atoms with Crippen LogP contribution in [0.3, 0.4) is 0 Å². The molecule has 0 radical (unpaired) electrons. The van der Waals surface area contributed by atoms with Gasteiger partial charge in [-0.05, 0) is 60.2 Å². The molecule has 1 heterocycles. The van der Waals surface area contributed by atoms with Crippen LogP contribution in [-0.4, -0.2) is 28.9 Å². The number of likely N-dealkylation sites (tertiary alicyclic amines) is 1. The lowest BCUT2D eigenvalue weighted by Gasteiger charge is -2.42. The van der Waals surface area contributed by atoms with Crippen molar-refractivity contribution in [2.45, 2.75) is 44.2 Å². The Morgan fingerprint density at radius 3 is 2.37 bits per heavy atom. The molecule has 3 aromatic carbocycles. The second-order valence-corrected chi connectivity index (χ2v) is 8.21. The number of fused-ring (bicyclic) bond motifs is 1. The van der Waals surface area contributed by atoms with Crippen LogP contribution in [0.1, 0.15) is 54.4 Å². The molecule has 0 aromatic heterocycles. The summed E-state index contributed by atoms with van der Waals surface area (Å²) in [5.41, 5.74) is 0.235. The minimum absolute atomic E-state index is 0.0841. The SMILES string of the molecule is O=C(CCCC(O)(c1ccc(F)cc1)N1CCCCC1)c1ccc2ccccc2c1. The van der Waals surface area contributed by atoms with Crippen LogP contribution in [0.5, 0.6) is 0 Å². The summed E-state index contributed by atoms with van der Waals surface area (Å²) in [6.07, 6.45) is 4.62. The van der Waals surface area contributed by atoms with Crippen molar-refractivity contribution >= 4 is 16.6 Å². The number of carbonyl (C=O) groups is 1. The van der Waals surface area contributed by atoms with E-state index < -0.39 is 5.72 Å². The van der Waals surface area contributed by atoms with Gasteiger partial charge >= 0.3 is 0 Å². The molecule has 0 saturated carbocycles. The minimum Gasteiger partial charge on any atom is -0.371 e. The summed E-state index contributed by atoms with van der Waals surface area (Å²) in [6.45, 7) is 1.62. The van der Waals surface area contributed by atoms with Crippen LogP contribution in [0.4, 0.5) is 4.39 Å². The predicted molar refractivity (Wildman–Crippen MR) is 118 cm³/mol. The van der Waals surface area contributed by atoms with E-state index in [9.17, 15) is 14.3 Å². The number of aliphatic hydroxyl groups is 1. The van der Waals surface area contributed by atoms with Crippen LogP contribution >= 0.6 is 0 Å². The Labute approximate surface area is 177 Å². The summed E-state index contributed by atoms with van der Waals surface area (Å²) in [4.78, 5) is 14.9. The Morgan fingerprint density at radius 2 is 1.63 bits per heavy atom. The monoisotopic (exact) mass is 405 g/mol. The van der Waals surface area contributed by atoms with E-state index in [-0.39, 0.29) is 11.6 Å². The van der Waals surface area contributed by atoms with Gasteiger partial charge in [0.15, 0.2) is 5.78 Å². The highest BCUT2D eigenvalue weighted by atomic mass is 19.1. The molecule has 30 heavy (non-hydrogen) atoms. The summed E-state index contributed by atoms with van der Waals surface area (Å²) < 4.78 is 13.4. The highest BCUT2D eigenvalue weighted by molar-refractivity contribution is 5.99. The first-order chi connectivity index (χ1) is 14.6. The molecule has 1 aliphatic rings. The molecule has 3 nitrogen and oxygen atoms in total. The summed E-state index contributed by atoms with van der Waals surface area (Å²) in [6, 6.07) is 19.9. The van der Waals surface area contributed by atoms with Crippen LogP contribution in [0.25, 0.3) is 10.8 Å². The molecule has 0 spiro atoms. The quantitative estimate of drug-likeness (QED) is 0.516. The molecule has 0 bridgehead atoms. The van der Waals surface area contributed by atoms with Gasteiger partial charge in [-0.15, -0.1) is 0 Å². The number of halogens is 1. The van der Waals surface area contributed by atoms with Crippen LogP contribution in [0.15, 0.2) is 66.7 Å². The van der Waals surface area contributed by atoms with E-state index in [4.69, 9.17) is 0 Å². The molecule has 0 aliphatic carbocycles. The number of ketones is 1. The van der Waals surface area contributed by atoms with Gasteiger partial charge in [-0.1, -0.05) is 55.0 Å². The van der Waals surface area contributed by atoms with E-state index in [0.717, 1.165) is 43.1 Å². The molecular formula is C26H28FNO2. The zero-order chi connectivity index (χ0) is 21.0. The average molecular weight is 406 g/mol. The summed E-state index contributed by atoms with van der Waals surface area (Å²) in [7, 11) is 0. The summed E-state index contributed by atoms with van der Waals surface area (Å²) >= 11 is 0. The summed E-state index contributed by atoms with van der Waals surface area (Å²) in [5.74, 6) is -0.230. The maximum atomic E-state index is 13.4. The molecule has 1 fully saturated rings. The fourth-order valence-corrected chi connectivity index (χ4v) is 4.47. The molecule has 0 amide bonds. The molecule has 3 aromatic rings. The third-order valence-corrected chi connectivity index (χ3v) is 6.19. The van der Waals surface area contributed by atoms with Gasteiger partial charge in [0.2, 0.25) is 0 Å². The Hall–Kier alpha value is -2.56. The third-order valence-electron chi connectivity index (χ3n) is 6.19. The van der Waals surface area contributed by atoms with E-state index in [2.05, 4.69) is 4.90 Å². The average Bonchev–Trinajstić information content (AvgIpc) is 2.79. The molecule has 156 valence electrons. The third kappa shape index (κ3) is 4.45. The predicted octanol–water partition coefficient (Wildman–Crippen LogP) is 5.66. The highest BCUT2D eigenvalue weighted by Gasteiger charge is 2.36. The fraction of sp³-hybridized carbons (Fsp3) is 0.346. The first-order valence-corrected chi connectivity index (χ1v) is 10.8. The van der Waals surface area contributed by atoms with Crippen molar-refractivity contribution in [1.82, 2.24) is 4.90 Å². The van der Waals surface area contributed by atoms with Gasteiger partial charge in [-0.25, -0.2) is 4.39 Å². The Balaban J connectivity index is 1.47. The zero-order valence-electron chi connectivity index (χ0n) is 17.2. The van der Waals surface area contributed by atoms with E-state index in [1.807, 2.05) is 42.5 Å². The molecule has 4 heteroatoms. The Morgan fingerprint density at radius 1 is 0.933 bits per heavy atom. The standard InChI is InChI=1S/C26H28FNO2/c27-24-14-12-23(13-15-24)26(30,28-17-4-1-5-18-28)16-6-9-25(29)22-11-10-20-7-2-3-8-21(20)19-22/h2-3,7-8,10-15,19,30H,1,4-6,9,16-18H2. The van der Waals surface area contributed by atoms with Gasteiger partial charge < -0.3 is 5.11 Å². The van der Waals surface area contributed by atoms with Gasteiger partial charge in [0, 0.05) is 25.1 Å². The normalized spacial score (nSPS) is 17.0. The molecule has 1 atom stereocenters. The van der Waals surface area contributed by atoms with Crippen molar-refractivity contribution < 1.29 is 14.3 Å². The number of Topliss-reactive ketones (excluding diaryl/α,β-unsaturated/α-hetero) is 1. The number of carbonyl (C=O) groups excluding carboxylic acids is 1. The lowest BCUT2D eigenvalue weighted by atomic mass is 9.91. The number of hydrogen-bond acceptors (Lipinski definition) is 3. The fourth-order valence-electron chi connectivity index (χ4n) is 4.47. The van der Waals surface area contributed by atoms with Crippen LogP contribution < -0.4 is 0 Å². The number of nitrogens with zero attached hydrogens (tertiary/aromatic N) is 1. The highest BCUT2D eigenvalue weighted by Crippen LogP contribution is 2.34. The number of hydrogen-bond donors (Lipinski definition) is 1. The van der Waals surface area contributed by atoms with Crippen molar-refractivity contribution in [3.05, 3.63) is 83.7 Å². The van der Waals surface area contributed by atoms with Crippen molar-refractivity contribution in [2.75, 3.05) is 13.1 Å². The van der Waals surface area contributed by atoms with Gasteiger partial charge in [-0.3, -0.25) is 9.69 Å². The van der Waals surface area contributed by atoms with Gasteiger partial charge in [0.1, 0.15) is 11.5 Å². The van der Waals surface area contributed by atoms with Gasteiger partial charge in [0.25, 0.3) is 0 Å². The zero-order valence-corrected chi connectivity index (χ0v) is 17.2. The molecular weight excluding hydrogens is 377 g/mol. The second kappa shape index (κ2) is 9.07. The molecule has 1 N–H and O–H groups in total. The van der Waals surface area contributed by atoms with Crippen LogP contribution in [-0.2, 0) is 5.72 Å². The summed E-state index contributed by atoms with van der Waals surface area (Å²) in [5, 5.41) is 13.8. The first-order valence-electron chi connectivity index (χ1n) is 10.8. The lowest BCUT2D eigenvalue weighted by Crippen LogP contribution is -2.48. The Kier molecular flexibility index (Phi) is 6.26. The second-order valence-electron chi connectivity index (χ2n) is 8.21. The van der Waals surface area contributed by atoms with E-state index in [1.165, 1.54) is 12.1 Å². The number of benzene rings is 3. The maximum absolute atomic E-state index is 13.4. The molecule has 1 unspecified atom stereocenters.